The molecule has 5 rings (SSSR count). The first kappa shape index (κ1) is 21.0. The molecule has 11 heteroatoms. The van der Waals surface area contributed by atoms with Gasteiger partial charge in [0, 0.05) is 25.5 Å². The monoisotopic (exact) mass is 463 g/mol. The zero-order chi connectivity index (χ0) is 22.9. The Hall–Kier alpha value is -3.86. The average Bonchev–Trinajstić information content (AvgIpc) is 3.44. The van der Waals surface area contributed by atoms with E-state index in [1.165, 1.54) is 23.9 Å². The molecule has 1 aliphatic heterocycles. The first-order chi connectivity index (χ1) is 16.0. The Morgan fingerprint density at radius 1 is 1.24 bits per heavy atom. The van der Waals surface area contributed by atoms with Crippen LogP contribution in [0.25, 0.3) is 10.3 Å². The third-order valence-corrected chi connectivity index (χ3v) is 6.35. The summed E-state index contributed by atoms with van der Waals surface area (Å²) in [5.41, 5.74) is 2.23. The van der Waals surface area contributed by atoms with Gasteiger partial charge in [0.15, 0.2) is 11.3 Å². The Bertz CT molecular complexity index is 1300. The van der Waals surface area contributed by atoms with Gasteiger partial charge in [0.25, 0.3) is 11.8 Å². The lowest BCUT2D eigenvalue weighted by atomic mass is 10.1. The molecular formula is C22H21N7O3S. The van der Waals surface area contributed by atoms with Gasteiger partial charge in [-0.2, -0.15) is 4.98 Å². The quantitative estimate of drug-likeness (QED) is 0.447. The van der Waals surface area contributed by atoms with Gasteiger partial charge < -0.3 is 20.0 Å². The minimum Gasteiger partial charge on any atom is -0.472 e. The van der Waals surface area contributed by atoms with Crippen LogP contribution < -0.4 is 10.6 Å². The minimum atomic E-state index is -0.223. The van der Waals surface area contributed by atoms with E-state index in [-0.39, 0.29) is 23.9 Å². The molecule has 1 unspecified atom stereocenters. The molecule has 2 N–H and O–H groups in total. The van der Waals surface area contributed by atoms with Gasteiger partial charge in [0.1, 0.15) is 11.0 Å². The fourth-order valence-corrected chi connectivity index (χ4v) is 4.43. The number of nitrogens with one attached hydrogen (secondary N) is 2. The second-order valence-corrected chi connectivity index (χ2v) is 9.03. The molecular weight excluding hydrogens is 442 g/mol. The van der Waals surface area contributed by atoms with E-state index in [2.05, 4.69) is 30.6 Å². The lowest BCUT2D eigenvalue weighted by molar-refractivity contribution is 0.0539. The molecule has 1 aliphatic rings. The summed E-state index contributed by atoms with van der Waals surface area (Å²) in [6.45, 7) is 4.65. The van der Waals surface area contributed by atoms with Gasteiger partial charge in [0.05, 0.1) is 28.9 Å². The van der Waals surface area contributed by atoms with Crippen LogP contribution in [0.2, 0.25) is 0 Å². The van der Waals surface area contributed by atoms with E-state index in [1.807, 2.05) is 26.0 Å². The highest BCUT2D eigenvalue weighted by molar-refractivity contribution is 7.18. The van der Waals surface area contributed by atoms with Crippen molar-refractivity contribution >= 4 is 39.4 Å². The van der Waals surface area contributed by atoms with Crippen molar-refractivity contribution in [3.05, 3.63) is 64.9 Å². The van der Waals surface area contributed by atoms with Crippen molar-refractivity contribution in [1.82, 2.24) is 30.2 Å². The van der Waals surface area contributed by atoms with E-state index in [0.29, 0.717) is 40.6 Å². The Kier molecular flexibility index (Phi) is 5.47. The van der Waals surface area contributed by atoms with Crippen molar-refractivity contribution < 1.29 is 14.0 Å². The molecule has 2 amide bonds. The molecule has 0 aliphatic carbocycles. The number of rotatable bonds is 6. The van der Waals surface area contributed by atoms with Gasteiger partial charge in [-0.25, -0.2) is 9.97 Å². The molecule has 168 valence electrons. The van der Waals surface area contributed by atoms with Gasteiger partial charge in [-0.05, 0) is 31.5 Å². The number of carbonyl (C=O) groups is 2. The van der Waals surface area contributed by atoms with Gasteiger partial charge in [0.2, 0.25) is 5.95 Å². The number of anilines is 1. The molecule has 33 heavy (non-hydrogen) atoms. The van der Waals surface area contributed by atoms with Crippen molar-refractivity contribution in [2.24, 2.45) is 0 Å². The molecule has 0 saturated carbocycles. The van der Waals surface area contributed by atoms with E-state index in [1.54, 1.807) is 23.4 Å². The number of aromatic nitrogens is 4. The number of furan rings is 1. The summed E-state index contributed by atoms with van der Waals surface area (Å²) in [4.78, 5) is 44.8. The van der Waals surface area contributed by atoms with Crippen molar-refractivity contribution in [3.8, 4) is 0 Å². The Morgan fingerprint density at radius 3 is 2.82 bits per heavy atom. The van der Waals surface area contributed by atoms with Gasteiger partial charge in [-0.15, -0.1) is 11.3 Å². The normalized spacial score (nSPS) is 14.7. The molecule has 10 nitrogen and oxygen atoms in total. The summed E-state index contributed by atoms with van der Waals surface area (Å²) in [5.74, 6) is -0.103. The SMILES string of the molecule is Cc1nc2nc(NC(C)c3cccnc3)nc(C(=O)N3CC(NC(=O)c4ccoc4)C3)c2s1. The molecule has 4 aromatic heterocycles. The van der Waals surface area contributed by atoms with E-state index in [9.17, 15) is 9.59 Å². The van der Waals surface area contributed by atoms with E-state index >= 15 is 0 Å². The summed E-state index contributed by atoms with van der Waals surface area (Å²) < 4.78 is 5.60. The van der Waals surface area contributed by atoms with E-state index in [0.717, 1.165) is 10.6 Å². The van der Waals surface area contributed by atoms with Crippen molar-refractivity contribution in [2.75, 3.05) is 18.4 Å². The second-order valence-electron chi connectivity index (χ2n) is 7.83. The third-order valence-electron chi connectivity index (χ3n) is 5.38. The van der Waals surface area contributed by atoms with Crippen molar-refractivity contribution in [3.63, 3.8) is 0 Å². The Balaban J connectivity index is 1.33. The molecule has 1 fully saturated rings. The van der Waals surface area contributed by atoms with Gasteiger partial charge in [-0.1, -0.05) is 6.07 Å². The highest BCUT2D eigenvalue weighted by atomic mass is 32.1. The number of amides is 2. The first-order valence-electron chi connectivity index (χ1n) is 10.4. The molecule has 1 saturated heterocycles. The smallest absolute Gasteiger partial charge is 0.274 e. The summed E-state index contributed by atoms with van der Waals surface area (Å²) in [6, 6.07) is 5.19. The van der Waals surface area contributed by atoms with Crippen LogP contribution in [-0.4, -0.2) is 55.8 Å². The van der Waals surface area contributed by atoms with Crippen LogP contribution in [0.4, 0.5) is 5.95 Å². The zero-order valence-corrected chi connectivity index (χ0v) is 18.8. The number of carbonyl (C=O) groups excluding carboxylic acids is 2. The molecule has 5 heterocycles. The van der Waals surface area contributed by atoms with Gasteiger partial charge >= 0.3 is 0 Å². The lowest BCUT2D eigenvalue weighted by Crippen LogP contribution is -2.61. The van der Waals surface area contributed by atoms with Crippen LogP contribution in [0, 0.1) is 6.92 Å². The summed E-state index contributed by atoms with van der Waals surface area (Å²) >= 11 is 1.39. The number of likely N-dealkylation sites (tertiary alicyclic amines) is 1. The number of fused-ring (bicyclic) bond motifs is 1. The van der Waals surface area contributed by atoms with Crippen LogP contribution in [0.1, 0.15) is 44.4 Å². The molecule has 1 atom stereocenters. The molecule has 0 radical (unpaired) electrons. The summed E-state index contributed by atoms with van der Waals surface area (Å²) in [6.07, 6.45) is 6.32. The number of hydrogen-bond donors (Lipinski definition) is 2. The van der Waals surface area contributed by atoms with Crippen LogP contribution in [0.15, 0.2) is 47.5 Å². The van der Waals surface area contributed by atoms with Gasteiger partial charge in [-0.3, -0.25) is 14.6 Å². The fraction of sp³-hybridized carbons (Fsp3) is 0.273. The van der Waals surface area contributed by atoms with Crippen LogP contribution in [0.3, 0.4) is 0 Å². The molecule has 0 aromatic carbocycles. The van der Waals surface area contributed by atoms with Crippen molar-refractivity contribution in [2.45, 2.75) is 25.9 Å². The number of nitrogens with zero attached hydrogens (tertiary/aromatic N) is 5. The molecule has 0 spiro atoms. The molecule has 0 bridgehead atoms. The summed E-state index contributed by atoms with van der Waals surface area (Å²) in [7, 11) is 0. The number of pyridine rings is 1. The predicted molar refractivity (Wildman–Crippen MR) is 122 cm³/mol. The molecule has 4 aromatic rings. The Morgan fingerprint density at radius 2 is 2.09 bits per heavy atom. The maximum absolute atomic E-state index is 13.3. The number of aryl methyl sites for hydroxylation is 1. The summed E-state index contributed by atoms with van der Waals surface area (Å²) in [5, 5.41) is 6.95. The topological polar surface area (TPSA) is 126 Å². The Labute approximate surface area is 193 Å². The van der Waals surface area contributed by atoms with E-state index < -0.39 is 0 Å². The zero-order valence-electron chi connectivity index (χ0n) is 18.0. The number of thiazole rings is 1. The fourth-order valence-electron chi connectivity index (χ4n) is 3.59. The maximum Gasteiger partial charge on any atom is 0.274 e. The van der Waals surface area contributed by atoms with Crippen LogP contribution in [0.5, 0.6) is 0 Å². The van der Waals surface area contributed by atoms with Crippen molar-refractivity contribution in [1.29, 1.82) is 0 Å². The predicted octanol–water partition coefficient (Wildman–Crippen LogP) is 2.81. The largest absolute Gasteiger partial charge is 0.472 e. The number of hydrogen-bond acceptors (Lipinski definition) is 9. The third kappa shape index (κ3) is 4.27. The average molecular weight is 464 g/mol. The second kappa shape index (κ2) is 8.58. The van der Waals surface area contributed by atoms with Crippen LogP contribution >= 0.6 is 11.3 Å². The van der Waals surface area contributed by atoms with E-state index in [4.69, 9.17) is 4.42 Å². The van der Waals surface area contributed by atoms with Crippen LogP contribution in [-0.2, 0) is 0 Å². The lowest BCUT2D eigenvalue weighted by Gasteiger charge is -2.39. The standard InChI is InChI=1S/C22H21N7O3S/c1-12(14-4-3-6-23-8-14)24-22-27-17(18-19(28-22)25-13(2)33-18)21(31)29-9-16(10-29)26-20(30)15-5-7-32-11-15/h3-8,11-12,16H,9-10H2,1-2H3,(H,26,30)(H,24,27,28). The maximum atomic E-state index is 13.3. The highest BCUT2D eigenvalue weighted by Gasteiger charge is 2.34. The minimum absolute atomic E-state index is 0.106. The first-order valence-corrected chi connectivity index (χ1v) is 11.2. The highest BCUT2D eigenvalue weighted by Crippen LogP contribution is 2.27.